The molecule has 0 amide bonds. The zero-order valence-corrected chi connectivity index (χ0v) is 14.7. The number of fused-ring (bicyclic) bond motifs is 1. The molecule has 5 heteroatoms. The number of nitrogens with zero attached hydrogens (tertiary/aromatic N) is 1. The summed E-state index contributed by atoms with van der Waals surface area (Å²) in [4.78, 5) is 19.7. The molecule has 1 N–H and O–H groups in total. The van der Waals surface area contributed by atoms with Gasteiger partial charge in [0.2, 0.25) is 0 Å². The molecular weight excluding hydrogens is 299 g/mol. The van der Waals surface area contributed by atoms with E-state index >= 15 is 0 Å². The maximum atomic E-state index is 12.3. The maximum absolute atomic E-state index is 12.3. The van der Waals surface area contributed by atoms with E-state index in [0.717, 1.165) is 33.2 Å². The molecule has 3 aromatic rings. The van der Waals surface area contributed by atoms with Crippen LogP contribution in [0.1, 0.15) is 26.3 Å². The van der Waals surface area contributed by atoms with E-state index in [1.807, 2.05) is 32.2 Å². The van der Waals surface area contributed by atoms with E-state index in [9.17, 15) is 4.79 Å². The van der Waals surface area contributed by atoms with E-state index in [0.29, 0.717) is 5.56 Å². The van der Waals surface area contributed by atoms with Gasteiger partial charge < -0.3 is 9.72 Å². The average molecular weight is 320 g/mol. The van der Waals surface area contributed by atoms with Crippen LogP contribution < -0.4 is 15.8 Å². The molecule has 0 aliphatic rings. The molecule has 0 saturated heterocycles. The summed E-state index contributed by atoms with van der Waals surface area (Å²) in [6.07, 6.45) is 3.46. The van der Waals surface area contributed by atoms with E-state index in [1.54, 1.807) is 13.3 Å². The molecule has 24 heavy (non-hydrogen) atoms. The molecule has 0 aliphatic carbocycles. The van der Waals surface area contributed by atoms with E-state index in [-0.39, 0.29) is 11.0 Å². The summed E-state index contributed by atoms with van der Waals surface area (Å²) in [5, 5.41) is 0.933. The van der Waals surface area contributed by atoms with Gasteiger partial charge in [-0.05, 0) is 23.6 Å². The highest BCUT2D eigenvalue weighted by Crippen LogP contribution is 2.40. The third kappa shape index (κ3) is 2.71. The minimum Gasteiger partial charge on any atom is -0.496 e. The van der Waals surface area contributed by atoms with Gasteiger partial charge in [-0.2, -0.15) is 0 Å². The van der Waals surface area contributed by atoms with Gasteiger partial charge in [0, 0.05) is 34.5 Å². The molecule has 0 aliphatic heterocycles. The number of aromatic nitrogens is 2. The van der Waals surface area contributed by atoms with Gasteiger partial charge in [0.15, 0.2) is 0 Å². The third-order valence-corrected chi connectivity index (χ3v) is 4.18. The second kappa shape index (κ2) is 5.82. The van der Waals surface area contributed by atoms with Gasteiger partial charge in [0.1, 0.15) is 13.6 Å². The lowest BCUT2D eigenvalue weighted by Gasteiger charge is -2.24. The van der Waals surface area contributed by atoms with Crippen LogP contribution in [-0.2, 0) is 5.41 Å². The summed E-state index contributed by atoms with van der Waals surface area (Å²) < 4.78 is 5.74. The number of aromatic amines is 1. The zero-order valence-electron chi connectivity index (χ0n) is 14.7. The molecule has 0 spiro atoms. The Balaban J connectivity index is 2.51. The number of benzene rings is 1. The van der Waals surface area contributed by atoms with Crippen molar-refractivity contribution < 1.29 is 4.74 Å². The summed E-state index contributed by atoms with van der Waals surface area (Å²) in [7, 11) is 3.69. The Kier molecular flexibility index (Phi) is 3.95. The lowest BCUT2D eigenvalue weighted by molar-refractivity contribution is 0.402. The molecule has 0 bridgehead atoms. The summed E-state index contributed by atoms with van der Waals surface area (Å²) in [6.45, 7) is 6.41. The van der Waals surface area contributed by atoms with Gasteiger partial charge >= 0.3 is 0 Å². The Hall–Kier alpha value is -2.56. The average Bonchev–Trinajstić information content (AvgIpc) is 2.53. The van der Waals surface area contributed by atoms with Crippen LogP contribution in [0.25, 0.3) is 22.0 Å². The van der Waals surface area contributed by atoms with Crippen LogP contribution in [-0.4, -0.2) is 24.9 Å². The highest BCUT2D eigenvalue weighted by molar-refractivity contribution is 6.33. The van der Waals surface area contributed by atoms with Crippen LogP contribution in [0.3, 0.4) is 0 Å². The molecule has 4 nitrogen and oxygen atoms in total. The summed E-state index contributed by atoms with van der Waals surface area (Å²) in [5.74, 6) is 0.824. The number of ether oxygens (including phenoxy) is 1. The number of H-pyrrole nitrogens is 1. The largest absolute Gasteiger partial charge is 0.496 e. The third-order valence-electron chi connectivity index (χ3n) is 4.18. The predicted molar refractivity (Wildman–Crippen MR) is 101 cm³/mol. The van der Waals surface area contributed by atoms with Crippen LogP contribution in [0.5, 0.6) is 5.75 Å². The van der Waals surface area contributed by atoms with Crippen LogP contribution in [0.4, 0.5) is 0 Å². The number of pyridine rings is 2. The predicted octanol–water partition coefficient (Wildman–Crippen LogP) is 2.15. The highest BCUT2D eigenvalue weighted by atomic mass is 16.5. The smallest absolute Gasteiger partial charge is 0.255 e. The number of rotatable bonds is 2. The molecule has 0 unspecified atom stereocenters. The van der Waals surface area contributed by atoms with E-state index in [4.69, 9.17) is 4.74 Å². The fraction of sp³-hybridized carbons (Fsp3) is 0.263. The van der Waals surface area contributed by atoms with E-state index < -0.39 is 0 Å². The van der Waals surface area contributed by atoms with Gasteiger partial charge in [0.25, 0.3) is 5.56 Å². The first kappa shape index (κ1) is 16.3. The number of nitrogens with one attached hydrogen (secondary N) is 1. The summed E-state index contributed by atoms with van der Waals surface area (Å²) in [6, 6.07) is 7.76. The van der Waals surface area contributed by atoms with Crippen molar-refractivity contribution in [1.29, 1.82) is 0 Å². The van der Waals surface area contributed by atoms with Crippen molar-refractivity contribution >= 4 is 24.2 Å². The Bertz CT molecular complexity index is 971. The van der Waals surface area contributed by atoms with Crippen molar-refractivity contribution in [2.75, 3.05) is 7.11 Å². The molecule has 0 saturated carbocycles. The van der Waals surface area contributed by atoms with Crippen molar-refractivity contribution in [2.45, 2.75) is 26.2 Å². The molecular formula is C19H21BN2O2. The van der Waals surface area contributed by atoms with Gasteiger partial charge in [-0.1, -0.05) is 32.3 Å². The Morgan fingerprint density at radius 3 is 2.58 bits per heavy atom. The van der Waals surface area contributed by atoms with Crippen LogP contribution in [0, 0.1) is 0 Å². The quantitative estimate of drug-likeness (QED) is 0.736. The lowest BCUT2D eigenvalue weighted by Crippen LogP contribution is -2.16. The molecule has 0 fully saturated rings. The van der Waals surface area contributed by atoms with Crippen LogP contribution >= 0.6 is 0 Å². The minimum absolute atomic E-state index is 0.119. The normalized spacial score (nSPS) is 11.7. The van der Waals surface area contributed by atoms with Crippen molar-refractivity contribution in [3.8, 4) is 16.9 Å². The topological polar surface area (TPSA) is 55.0 Å². The minimum atomic E-state index is -0.125. The van der Waals surface area contributed by atoms with Crippen molar-refractivity contribution in [3.05, 3.63) is 52.6 Å². The Morgan fingerprint density at radius 1 is 1.21 bits per heavy atom. The standard InChI is InChI=1S/C19H21BN2O2/c1-19(2,3)15-9-13(12-6-5-7-21-18(12)23)16-14(17(15)24-4)8-11(20)10-22-16/h5-10H,20H2,1-4H3,(H,21,23). The molecule has 3 rings (SSSR count). The molecule has 122 valence electrons. The maximum Gasteiger partial charge on any atom is 0.255 e. The van der Waals surface area contributed by atoms with E-state index in [1.165, 1.54) is 0 Å². The number of hydrogen-bond donors (Lipinski definition) is 1. The monoisotopic (exact) mass is 320 g/mol. The fourth-order valence-electron chi connectivity index (χ4n) is 3.00. The number of methoxy groups -OCH3 is 1. The van der Waals surface area contributed by atoms with E-state index in [2.05, 4.69) is 36.8 Å². The molecule has 0 radical (unpaired) electrons. The molecule has 2 aromatic heterocycles. The molecule has 0 atom stereocenters. The van der Waals surface area contributed by atoms with Crippen molar-refractivity contribution in [3.63, 3.8) is 0 Å². The first-order chi connectivity index (χ1) is 11.3. The zero-order chi connectivity index (χ0) is 17.5. The Morgan fingerprint density at radius 2 is 1.96 bits per heavy atom. The van der Waals surface area contributed by atoms with Gasteiger partial charge in [0.05, 0.1) is 12.6 Å². The first-order valence-electron chi connectivity index (χ1n) is 7.99. The summed E-state index contributed by atoms with van der Waals surface area (Å²) >= 11 is 0. The number of hydrogen-bond acceptors (Lipinski definition) is 3. The second-order valence-electron chi connectivity index (χ2n) is 7.08. The van der Waals surface area contributed by atoms with Crippen molar-refractivity contribution in [2.24, 2.45) is 0 Å². The highest BCUT2D eigenvalue weighted by Gasteiger charge is 2.24. The molecule has 1 aromatic carbocycles. The molecule has 2 heterocycles. The Labute approximate surface area is 142 Å². The first-order valence-corrected chi connectivity index (χ1v) is 7.99. The van der Waals surface area contributed by atoms with Gasteiger partial charge in [-0.25, -0.2) is 0 Å². The van der Waals surface area contributed by atoms with Crippen LogP contribution in [0.15, 0.2) is 41.5 Å². The summed E-state index contributed by atoms with van der Waals surface area (Å²) in [5.41, 5.74) is 4.10. The van der Waals surface area contributed by atoms with Crippen LogP contribution in [0.2, 0.25) is 0 Å². The SMILES string of the molecule is Bc1cnc2c(-c3ccc[nH]c3=O)cc(C(C)(C)C)c(OC)c2c1. The second-order valence-corrected chi connectivity index (χ2v) is 7.08. The lowest BCUT2D eigenvalue weighted by atomic mass is 9.82. The fourth-order valence-corrected chi connectivity index (χ4v) is 3.00. The van der Waals surface area contributed by atoms with Crippen molar-refractivity contribution in [1.82, 2.24) is 9.97 Å². The van der Waals surface area contributed by atoms with Gasteiger partial charge in [-0.15, -0.1) is 0 Å². The van der Waals surface area contributed by atoms with Gasteiger partial charge in [-0.3, -0.25) is 9.78 Å².